The molecule has 0 saturated carbocycles. The second-order valence-corrected chi connectivity index (χ2v) is 3.89. The molecule has 0 aliphatic carbocycles. The maximum Gasteiger partial charge on any atom is 0.108 e. The molecule has 4 N–H and O–H groups in total. The number of hydrogen-bond donors (Lipinski definition) is 3. The highest BCUT2D eigenvalue weighted by Crippen LogP contribution is 2.27. The number of anilines is 1. The number of halogens is 1. The molecule has 0 heterocycles. The number of aryl methyl sites for hydroxylation is 1. The van der Waals surface area contributed by atoms with E-state index in [0.29, 0.717) is 16.6 Å². The Labute approximate surface area is 91.7 Å². The second kappa shape index (κ2) is 4.77. The summed E-state index contributed by atoms with van der Waals surface area (Å²) in [4.78, 5) is 0. The van der Waals surface area contributed by atoms with E-state index in [0.717, 1.165) is 5.56 Å². The lowest BCUT2D eigenvalue weighted by Gasteiger charge is -2.19. The Morgan fingerprint density at radius 3 is 2.57 bits per heavy atom. The Morgan fingerprint density at radius 2 is 2.07 bits per heavy atom. The lowest BCUT2D eigenvalue weighted by Crippen LogP contribution is -2.21. The maximum absolute atomic E-state index is 9.79. The van der Waals surface area contributed by atoms with Gasteiger partial charge < -0.3 is 15.9 Å². The molecule has 0 aliphatic rings. The summed E-state index contributed by atoms with van der Waals surface area (Å²) in [7, 11) is 0. The molecule has 78 valence electrons. The van der Waals surface area contributed by atoms with Crippen LogP contribution in [0.3, 0.4) is 0 Å². The molecule has 0 amide bonds. The van der Waals surface area contributed by atoms with E-state index < -0.39 is 12.2 Å². The summed E-state index contributed by atoms with van der Waals surface area (Å²) < 4.78 is 0. The number of nitrogens with two attached hydrogens (primary N) is 1. The molecule has 2 atom stereocenters. The SMILES string of the molecule is Cc1cccc(N)c1C(O)C(O)CBr. The van der Waals surface area contributed by atoms with E-state index in [2.05, 4.69) is 15.9 Å². The predicted octanol–water partition coefficient (Wildman–Crippen LogP) is 1.37. The fourth-order valence-electron chi connectivity index (χ4n) is 1.38. The van der Waals surface area contributed by atoms with Gasteiger partial charge in [0.15, 0.2) is 0 Å². The van der Waals surface area contributed by atoms with Crippen LogP contribution in [0.25, 0.3) is 0 Å². The summed E-state index contributed by atoms with van der Waals surface area (Å²) >= 11 is 3.11. The van der Waals surface area contributed by atoms with Gasteiger partial charge in [-0.25, -0.2) is 0 Å². The van der Waals surface area contributed by atoms with Gasteiger partial charge in [-0.3, -0.25) is 0 Å². The van der Waals surface area contributed by atoms with Gasteiger partial charge in [-0.1, -0.05) is 28.1 Å². The van der Waals surface area contributed by atoms with Gasteiger partial charge in [-0.05, 0) is 18.6 Å². The number of nitrogen functional groups attached to an aromatic ring is 1. The quantitative estimate of drug-likeness (QED) is 0.568. The van der Waals surface area contributed by atoms with Crippen molar-refractivity contribution in [2.45, 2.75) is 19.1 Å². The van der Waals surface area contributed by atoms with Gasteiger partial charge in [0.25, 0.3) is 0 Å². The van der Waals surface area contributed by atoms with E-state index in [1.54, 1.807) is 6.07 Å². The number of alkyl halides is 1. The monoisotopic (exact) mass is 259 g/mol. The highest BCUT2D eigenvalue weighted by atomic mass is 79.9. The van der Waals surface area contributed by atoms with Crippen LogP contribution in [0.15, 0.2) is 18.2 Å². The molecular weight excluding hydrogens is 246 g/mol. The van der Waals surface area contributed by atoms with E-state index in [1.165, 1.54) is 0 Å². The molecule has 0 saturated heterocycles. The van der Waals surface area contributed by atoms with Crippen LogP contribution in [-0.2, 0) is 0 Å². The summed E-state index contributed by atoms with van der Waals surface area (Å²) in [6.07, 6.45) is -1.77. The first-order valence-corrected chi connectivity index (χ1v) is 5.47. The molecule has 1 aromatic rings. The van der Waals surface area contributed by atoms with Crippen LogP contribution >= 0.6 is 15.9 Å². The largest absolute Gasteiger partial charge is 0.398 e. The van der Waals surface area contributed by atoms with Crippen molar-refractivity contribution in [2.24, 2.45) is 0 Å². The minimum atomic E-state index is -0.935. The molecule has 0 radical (unpaired) electrons. The number of aliphatic hydroxyl groups excluding tert-OH is 2. The van der Waals surface area contributed by atoms with Crippen LogP contribution in [0.2, 0.25) is 0 Å². The van der Waals surface area contributed by atoms with Crippen LogP contribution in [0, 0.1) is 6.92 Å². The molecule has 3 nitrogen and oxygen atoms in total. The molecule has 14 heavy (non-hydrogen) atoms. The zero-order chi connectivity index (χ0) is 10.7. The summed E-state index contributed by atoms with van der Waals surface area (Å²) in [6, 6.07) is 5.39. The first-order valence-electron chi connectivity index (χ1n) is 4.35. The van der Waals surface area contributed by atoms with Gasteiger partial charge in [0.05, 0.1) is 6.10 Å². The summed E-state index contributed by atoms with van der Waals surface area (Å²) in [6.45, 7) is 1.86. The van der Waals surface area contributed by atoms with Crippen LogP contribution < -0.4 is 5.73 Å². The first-order chi connectivity index (χ1) is 6.57. The molecular formula is C10H14BrNO2. The number of hydrogen-bond acceptors (Lipinski definition) is 3. The normalized spacial score (nSPS) is 15.1. The topological polar surface area (TPSA) is 66.5 Å². The molecule has 1 aromatic carbocycles. The van der Waals surface area contributed by atoms with Gasteiger partial charge in [0.1, 0.15) is 6.10 Å². The molecule has 2 unspecified atom stereocenters. The summed E-state index contributed by atoms with van der Waals surface area (Å²) in [5.74, 6) is 0. The Kier molecular flexibility index (Phi) is 3.92. The van der Waals surface area contributed by atoms with Crippen molar-refractivity contribution in [1.29, 1.82) is 0 Å². The van der Waals surface area contributed by atoms with Crippen molar-refractivity contribution in [1.82, 2.24) is 0 Å². The fourth-order valence-corrected chi connectivity index (χ4v) is 1.74. The average molecular weight is 260 g/mol. The Bertz CT molecular complexity index is 297. The van der Waals surface area contributed by atoms with Gasteiger partial charge in [-0.15, -0.1) is 0 Å². The second-order valence-electron chi connectivity index (χ2n) is 3.24. The molecule has 0 fully saturated rings. The van der Waals surface area contributed by atoms with Crippen molar-refractivity contribution >= 4 is 21.6 Å². The van der Waals surface area contributed by atoms with E-state index in [1.807, 2.05) is 19.1 Å². The van der Waals surface area contributed by atoms with Gasteiger partial charge >= 0.3 is 0 Å². The average Bonchev–Trinajstić information content (AvgIpc) is 2.16. The summed E-state index contributed by atoms with van der Waals surface area (Å²) in [5.41, 5.74) is 7.74. The van der Waals surface area contributed by atoms with Crippen molar-refractivity contribution in [2.75, 3.05) is 11.1 Å². The Morgan fingerprint density at radius 1 is 1.43 bits per heavy atom. The lowest BCUT2D eigenvalue weighted by atomic mass is 9.98. The van der Waals surface area contributed by atoms with Crippen LogP contribution in [0.4, 0.5) is 5.69 Å². The van der Waals surface area contributed by atoms with Crippen molar-refractivity contribution in [3.05, 3.63) is 29.3 Å². The van der Waals surface area contributed by atoms with Crippen LogP contribution in [0.5, 0.6) is 0 Å². The maximum atomic E-state index is 9.79. The fraction of sp³-hybridized carbons (Fsp3) is 0.400. The first kappa shape index (κ1) is 11.5. The third-order valence-corrected chi connectivity index (χ3v) is 2.84. The summed E-state index contributed by atoms with van der Waals surface area (Å²) in [5, 5.41) is 19.6. The Balaban J connectivity index is 3.05. The zero-order valence-corrected chi connectivity index (χ0v) is 9.53. The third-order valence-electron chi connectivity index (χ3n) is 2.18. The minimum absolute atomic E-state index is 0.321. The standard InChI is InChI=1S/C10H14BrNO2/c1-6-3-2-4-7(12)9(6)10(14)8(13)5-11/h2-4,8,10,13-14H,5,12H2,1H3. The Hall–Kier alpha value is -0.580. The van der Waals surface area contributed by atoms with Crippen molar-refractivity contribution in [3.8, 4) is 0 Å². The number of rotatable bonds is 3. The molecule has 0 aliphatic heterocycles. The van der Waals surface area contributed by atoms with Crippen molar-refractivity contribution < 1.29 is 10.2 Å². The molecule has 4 heteroatoms. The van der Waals surface area contributed by atoms with E-state index in [-0.39, 0.29) is 0 Å². The van der Waals surface area contributed by atoms with Gasteiger partial charge in [0, 0.05) is 16.6 Å². The smallest absolute Gasteiger partial charge is 0.108 e. The zero-order valence-electron chi connectivity index (χ0n) is 7.94. The van der Waals surface area contributed by atoms with Gasteiger partial charge in [0.2, 0.25) is 0 Å². The highest BCUT2D eigenvalue weighted by Gasteiger charge is 2.20. The van der Waals surface area contributed by atoms with Crippen molar-refractivity contribution in [3.63, 3.8) is 0 Å². The number of benzene rings is 1. The van der Waals surface area contributed by atoms with E-state index >= 15 is 0 Å². The molecule has 1 rings (SSSR count). The predicted molar refractivity (Wildman–Crippen MR) is 60.4 cm³/mol. The van der Waals surface area contributed by atoms with E-state index in [4.69, 9.17) is 5.73 Å². The minimum Gasteiger partial charge on any atom is -0.398 e. The molecule has 0 bridgehead atoms. The van der Waals surface area contributed by atoms with E-state index in [9.17, 15) is 10.2 Å². The molecule has 0 aromatic heterocycles. The van der Waals surface area contributed by atoms with Crippen LogP contribution in [0.1, 0.15) is 17.2 Å². The molecule has 0 spiro atoms. The highest BCUT2D eigenvalue weighted by molar-refractivity contribution is 9.09. The van der Waals surface area contributed by atoms with Gasteiger partial charge in [-0.2, -0.15) is 0 Å². The third kappa shape index (κ3) is 2.26. The lowest BCUT2D eigenvalue weighted by molar-refractivity contribution is 0.0343. The number of aliphatic hydroxyl groups is 2. The van der Waals surface area contributed by atoms with Crippen LogP contribution in [-0.4, -0.2) is 21.6 Å².